The van der Waals surface area contributed by atoms with E-state index in [1.54, 1.807) is 30.9 Å². The van der Waals surface area contributed by atoms with Crippen LogP contribution in [0.15, 0.2) is 24.3 Å². The molecule has 1 aromatic carbocycles. The van der Waals surface area contributed by atoms with Crippen LogP contribution in [0.3, 0.4) is 0 Å². The molecule has 0 radical (unpaired) electrons. The molecular formula is C18H27N2O4+. The minimum absolute atomic E-state index is 0.154. The average molecular weight is 335 g/mol. The van der Waals surface area contributed by atoms with Crippen LogP contribution in [0.5, 0.6) is 0 Å². The van der Waals surface area contributed by atoms with Gasteiger partial charge in [-0.15, -0.1) is 0 Å². The van der Waals surface area contributed by atoms with Gasteiger partial charge in [-0.1, -0.05) is 12.1 Å². The Morgan fingerprint density at radius 1 is 1.42 bits per heavy atom. The van der Waals surface area contributed by atoms with E-state index in [1.165, 1.54) is 0 Å². The van der Waals surface area contributed by atoms with Gasteiger partial charge in [0.25, 0.3) is 0 Å². The molecule has 132 valence electrons. The summed E-state index contributed by atoms with van der Waals surface area (Å²) in [7, 11) is 0. The molecule has 1 aliphatic rings. The van der Waals surface area contributed by atoms with Crippen molar-refractivity contribution in [2.45, 2.75) is 57.8 Å². The molecule has 24 heavy (non-hydrogen) atoms. The number of nitrogens with zero attached hydrogens (tertiary/aromatic N) is 1. The molecule has 6 heteroatoms. The molecule has 0 spiro atoms. The summed E-state index contributed by atoms with van der Waals surface area (Å²) in [5, 5.41) is 10.0. The number of hydrogen-bond acceptors (Lipinski definition) is 4. The molecule has 6 nitrogen and oxygen atoms in total. The minimum atomic E-state index is -0.890. The fraction of sp³-hybridized carbons (Fsp3) is 0.556. The Morgan fingerprint density at radius 2 is 2.00 bits per heavy atom. The maximum atomic E-state index is 12.4. The van der Waals surface area contributed by atoms with E-state index in [2.05, 4.69) is 5.73 Å². The maximum absolute atomic E-state index is 12.4. The molecule has 2 rings (SSSR count). The van der Waals surface area contributed by atoms with Gasteiger partial charge in [-0.05, 0) is 45.4 Å². The van der Waals surface area contributed by atoms with Crippen molar-refractivity contribution in [3.05, 3.63) is 35.4 Å². The Labute approximate surface area is 142 Å². The largest absolute Gasteiger partial charge is 0.443 e. The van der Waals surface area contributed by atoms with E-state index in [0.717, 1.165) is 5.56 Å². The van der Waals surface area contributed by atoms with Crippen LogP contribution in [0.25, 0.3) is 0 Å². The van der Waals surface area contributed by atoms with E-state index in [4.69, 9.17) is 4.74 Å². The normalized spacial score (nSPS) is 22.9. The first kappa shape index (κ1) is 18.4. The molecule has 4 N–H and O–H groups in total. The number of carbonyl (C=O) groups excluding carboxylic acids is 2. The molecule has 1 aliphatic heterocycles. The van der Waals surface area contributed by atoms with Crippen molar-refractivity contribution < 1.29 is 25.2 Å². The lowest BCUT2D eigenvalue weighted by atomic mass is 9.87. The van der Waals surface area contributed by atoms with Crippen LogP contribution in [-0.4, -0.2) is 39.8 Å². The number of ether oxygens (including phenoxy) is 1. The van der Waals surface area contributed by atoms with Crippen LogP contribution < -0.4 is 5.73 Å². The zero-order valence-electron chi connectivity index (χ0n) is 14.8. The number of cyclic esters (lactones) is 1. The van der Waals surface area contributed by atoms with Gasteiger partial charge in [-0.2, -0.15) is 0 Å². The van der Waals surface area contributed by atoms with Gasteiger partial charge in [0.05, 0.1) is 17.2 Å². The van der Waals surface area contributed by atoms with Gasteiger partial charge < -0.3 is 14.7 Å². The van der Waals surface area contributed by atoms with E-state index in [9.17, 15) is 14.7 Å². The van der Waals surface area contributed by atoms with Crippen molar-refractivity contribution in [3.8, 4) is 0 Å². The highest BCUT2D eigenvalue weighted by Gasteiger charge is 2.41. The lowest BCUT2D eigenvalue weighted by Gasteiger charge is -2.43. The molecular weight excluding hydrogens is 308 g/mol. The summed E-state index contributed by atoms with van der Waals surface area (Å²) in [4.78, 5) is 25.4. The fourth-order valence-electron chi connectivity index (χ4n) is 3.29. The predicted molar refractivity (Wildman–Crippen MR) is 89.2 cm³/mol. The van der Waals surface area contributed by atoms with Crippen LogP contribution in [0.4, 0.5) is 4.79 Å². The second-order valence-corrected chi connectivity index (χ2v) is 7.47. The van der Waals surface area contributed by atoms with Gasteiger partial charge in [0.2, 0.25) is 0 Å². The Balaban J connectivity index is 2.08. The molecule has 1 aromatic rings. The van der Waals surface area contributed by atoms with Crippen molar-refractivity contribution >= 4 is 12.0 Å². The SMILES string of the molecule is C[C@@H](c1ccc(C([NH3+])=O)cc1)N1CC[C@@](C)(CC(C)(C)O)OC1=O. The Hall–Kier alpha value is -1.92. The molecule has 0 aromatic heterocycles. The quantitative estimate of drug-likeness (QED) is 0.859. The van der Waals surface area contributed by atoms with Gasteiger partial charge in [-0.3, -0.25) is 5.73 Å². The fourth-order valence-corrected chi connectivity index (χ4v) is 3.29. The number of carbonyl (C=O) groups is 2. The van der Waals surface area contributed by atoms with Crippen LogP contribution in [0.1, 0.15) is 62.5 Å². The zero-order chi connectivity index (χ0) is 18.1. The Morgan fingerprint density at radius 3 is 2.46 bits per heavy atom. The Kier molecular flexibility index (Phi) is 5.01. The molecule has 1 fully saturated rings. The molecule has 1 saturated heterocycles. The van der Waals surface area contributed by atoms with Gasteiger partial charge in [0, 0.05) is 19.4 Å². The van der Waals surface area contributed by atoms with Crippen LogP contribution in [-0.2, 0) is 4.74 Å². The van der Waals surface area contributed by atoms with Gasteiger partial charge in [0.1, 0.15) is 5.60 Å². The first-order chi connectivity index (χ1) is 11.0. The first-order valence-electron chi connectivity index (χ1n) is 8.19. The van der Waals surface area contributed by atoms with Crippen molar-refractivity contribution in [1.29, 1.82) is 0 Å². The second kappa shape index (κ2) is 6.53. The third-order valence-electron chi connectivity index (χ3n) is 4.44. The van der Waals surface area contributed by atoms with Crippen LogP contribution in [0.2, 0.25) is 0 Å². The number of aliphatic hydroxyl groups is 1. The number of hydrogen-bond donors (Lipinski definition) is 2. The molecule has 0 bridgehead atoms. The standard InChI is InChI=1S/C18H26N2O4/c1-12(13-5-7-14(8-6-13)15(19)21)20-10-9-18(4,24-16(20)22)11-17(2,3)23/h5-8,12,23H,9-11H2,1-4H3,(H2,19,21)/p+1/t12-,18-/m0/s1. The van der Waals surface area contributed by atoms with E-state index in [0.29, 0.717) is 24.9 Å². The summed E-state index contributed by atoms with van der Waals surface area (Å²) >= 11 is 0. The minimum Gasteiger partial charge on any atom is -0.443 e. The molecule has 2 atom stereocenters. The highest BCUT2D eigenvalue weighted by Crippen LogP contribution is 2.34. The number of rotatable bonds is 5. The topological polar surface area (TPSA) is 94.5 Å². The van der Waals surface area contributed by atoms with Crippen molar-refractivity contribution in [3.63, 3.8) is 0 Å². The number of benzene rings is 1. The van der Waals surface area contributed by atoms with Crippen molar-refractivity contribution in [2.75, 3.05) is 6.54 Å². The van der Waals surface area contributed by atoms with Crippen molar-refractivity contribution in [2.24, 2.45) is 0 Å². The van der Waals surface area contributed by atoms with E-state index in [1.807, 2.05) is 26.0 Å². The number of quaternary nitrogens is 1. The second-order valence-electron chi connectivity index (χ2n) is 7.47. The third-order valence-corrected chi connectivity index (χ3v) is 4.44. The summed E-state index contributed by atoms with van der Waals surface area (Å²) in [5.41, 5.74) is 3.32. The van der Waals surface area contributed by atoms with Crippen LogP contribution in [0, 0.1) is 0 Å². The number of amides is 2. The molecule has 0 aliphatic carbocycles. The van der Waals surface area contributed by atoms with Gasteiger partial charge >= 0.3 is 12.0 Å². The molecule has 0 saturated carbocycles. The molecule has 0 unspecified atom stereocenters. The highest BCUT2D eigenvalue weighted by molar-refractivity contribution is 5.85. The molecule has 2 amide bonds. The maximum Gasteiger partial charge on any atom is 0.410 e. The van der Waals surface area contributed by atoms with Crippen LogP contribution >= 0.6 is 0 Å². The summed E-state index contributed by atoms with van der Waals surface area (Å²) in [6.45, 7) is 7.78. The summed E-state index contributed by atoms with van der Waals surface area (Å²) in [5.74, 6) is -0.228. The summed E-state index contributed by atoms with van der Waals surface area (Å²) in [6, 6.07) is 6.95. The first-order valence-corrected chi connectivity index (χ1v) is 8.19. The summed E-state index contributed by atoms with van der Waals surface area (Å²) < 4.78 is 5.63. The van der Waals surface area contributed by atoms with E-state index >= 15 is 0 Å². The molecule has 1 heterocycles. The predicted octanol–water partition coefficient (Wildman–Crippen LogP) is 1.89. The lowest BCUT2D eigenvalue weighted by Crippen LogP contribution is -2.56. The van der Waals surface area contributed by atoms with Gasteiger partial charge in [0.15, 0.2) is 0 Å². The summed E-state index contributed by atoms with van der Waals surface area (Å²) in [6.07, 6.45) is 0.675. The van der Waals surface area contributed by atoms with E-state index < -0.39 is 11.2 Å². The highest BCUT2D eigenvalue weighted by atomic mass is 16.6. The smallest absolute Gasteiger partial charge is 0.410 e. The van der Waals surface area contributed by atoms with Crippen molar-refractivity contribution in [1.82, 2.24) is 4.90 Å². The third kappa shape index (κ3) is 4.33. The monoisotopic (exact) mass is 335 g/mol. The zero-order valence-corrected chi connectivity index (χ0v) is 14.8. The van der Waals surface area contributed by atoms with E-state index in [-0.39, 0.29) is 18.0 Å². The average Bonchev–Trinajstić information content (AvgIpc) is 2.44. The lowest BCUT2D eigenvalue weighted by molar-refractivity contribution is -0.255. The van der Waals surface area contributed by atoms with Gasteiger partial charge in [-0.25, -0.2) is 9.59 Å². The Bertz CT molecular complexity index is 621.